The van der Waals surface area contributed by atoms with Crippen LogP contribution in [-0.4, -0.2) is 17.8 Å². The van der Waals surface area contributed by atoms with Gasteiger partial charge in [-0.3, -0.25) is 9.59 Å². The first-order valence-electron chi connectivity index (χ1n) is 9.48. The fourth-order valence-corrected chi connectivity index (χ4v) is 5.37. The summed E-state index contributed by atoms with van der Waals surface area (Å²) in [4.78, 5) is 39.6. The average Bonchev–Trinajstić information content (AvgIpc) is 3.36. The molecule has 0 spiro atoms. The van der Waals surface area contributed by atoms with Gasteiger partial charge in [-0.2, -0.15) is 0 Å². The van der Waals surface area contributed by atoms with Crippen LogP contribution in [0.4, 0.5) is 5.69 Å². The van der Waals surface area contributed by atoms with Gasteiger partial charge in [-0.05, 0) is 67.5 Å². The molecule has 1 saturated heterocycles. The fraction of sp³-hybridized carbons (Fsp3) is 0.318. The van der Waals surface area contributed by atoms with Crippen LogP contribution in [0.2, 0.25) is 0 Å². The lowest BCUT2D eigenvalue weighted by Crippen LogP contribution is -2.32. The number of imide groups is 1. The van der Waals surface area contributed by atoms with E-state index in [0.29, 0.717) is 28.8 Å². The number of halogens is 1. The minimum Gasteiger partial charge on any atom is -0.423 e. The number of anilines is 1. The number of ether oxygens (including phenoxy) is 1. The number of hydrogen-bond donors (Lipinski definition) is 0. The van der Waals surface area contributed by atoms with Crippen molar-refractivity contribution in [2.24, 2.45) is 23.7 Å². The van der Waals surface area contributed by atoms with Gasteiger partial charge in [0.2, 0.25) is 11.8 Å². The zero-order chi connectivity index (χ0) is 19.4. The molecular formula is C22H18BrNO4. The highest BCUT2D eigenvalue weighted by Gasteiger charge is 2.61. The maximum atomic E-state index is 13.0. The molecule has 2 saturated carbocycles. The molecule has 2 aliphatic carbocycles. The summed E-state index contributed by atoms with van der Waals surface area (Å²) in [6.07, 6.45) is 3.10. The lowest BCUT2D eigenvalue weighted by molar-refractivity contribution is -0.123. The van der Waals surface area contributed by atoms with Crippen LogP contribution in [0.25, 0.3) is 0 Å². The Bertz CT molecular complexity index is 958. The van der Waals surface area contributed by atoms with Crippen LogP contribution in [-0.2, 0) is 9.59 Å². The van der Waals surface area contributed by atoms with Crippen LogP contribution in [0, 0.1) is 23.7 Å². The zero-order valence-corrected chi connectivity index (χ0v) is 16.6. The van der Waals surface area contributed by atoms with Crippen LogP contribution in [0.3, 0.4) is 0 Å². The quantitative estimate of drug-likeness (QED) is 0.408. The van der Waals surface area contributed by atoms with E-state index in [9.17, 15) is 14.4 Å². The summed E-state index contributed by atoms with van der Waals surface area (Å²) in [6.45, 7) is 0. The second-order valence-corrected chi connectivity index (χ2v) is 8.71. The molecule has 142 valence electrons. The highest BCUT2D eigenvalue weighted by Crippen LogP contribution is 2.56. The van der Waals surface area contributed by atoms with E-state index >= 15 is 0 Å². The van der Waals surface area contributed by atoms with Crippen molar-refractivity contribution in [3.05, 3.63) is 58.6 Å². The van der Waals surface area contributed by atoms with Gasteiger partial charge in [0, 0.05) is 10.5 Å². The third-order valence-electron chi connectivity index (χ3n) is 6.29. The fourth-order valence-electron chi connectivity index (χ4n) is 5.10. The van der Waals surface area contributed by atoms with Gasteiger partial charge in [0.05, 0.1) is 23.1 Å². The number of esters is 1. The van der Waals surface area contributed by atoms with Crippen LogP contribution in [0.15, 0.2) is 53.0 Å². The number of carbonyl (C=O) groups is 3. The van der Waals surface area contributed by atoms with Gasteiger partial charge in [-0.15, -0.1) is 0 Å². The maximum Gasteiger partial charge on any atom is 0.343 e. The SMILES string of the molecule is O=C(Oc1cccc(N2C(=O)[C@@H]3[C@H]4CC[C@@H](C4)[C@@H]3C2=O)c1)c1ccc(Br)cc1. The zero-order valence-electron chi connectivity index (χ0n) is 15.0. The molecule has 2 aromatic carbocycles. The molecule has 5 nitrogen and oxygen atoms in total. The first-order chi connectivity index (χ1) is 13.5. The van der Waals surface area contributed by atoms with E-state index in [1.807, 2.05) is 0 Å². The van der Waals surface area contributed by atoms with E-state index in [1.54, 1.807) is 48.5 Å². The molecule has 5 rings (SSSR count). The Kier molecular flexibility index (Phi) is 4.12. The van der Waals surface area contributed by atoms with Crippen LogP contribution in [0.1, 0.15) is 29.6 Å². The molecule has 28 heavy (non-hydrogen) atoms. The van der Waals surface area contributed by atoms with E-state index in [2.05, 4.69) is 15.9 Å². The molecule has 1 heterocycles. The molecule has 0 aromatic heterocycles. The van der Waals surface area contributed by atoms with Gasteiger partial charge in [-0.1, -0.05) is 22.0 Å². The minimum absolute atomic E-state index is 0.0985. The Morgan fingerprint density at radius 3 is 2.25 bits per heavy atom. The summed E-state index contributed by atoms with van der Waals surface area (Å²) in [6, 6.07) is 13.5. The number of nitrogens with zero attached hydrogens (tertiary/aromatic N) is 1. The minimum atomic E-state index is -0.487. The second kappa shape index (κ2) is 6.55. The summed E-state index contributed by atoms with van der Waals surface area (Å²) in [7, 11) is 0. The van der Waals surface area contributed by atoms with Crippen LogP contribution in [0.5, 0.6) is 5.75 Å². The number of benzene rings is 2. The highest BCUT2D eigenvalue weighted by molar-refractivity contribution is 9.10. The summed E-state index contributed by atoms with van der Waals surface area (Å²) in [5.74, 6) is -0.0213. The van der Waals surface area contributed by atoms with Crippen molar-refractivity contribution in [3.63, 3.8) is 0 Å². The number of amides is 2. The monoisotopic (exact) mass is 439 g/mol. The standard InChI is InChI=1S/C22H18BrNO4/c23-15-8-6-12(7-9-15)22(27)28-17-3-1-2-16(11-17)24-20(25)18-13-4-5-14(10-13)19(18)21(24)26/h1-3,6-9,11,13-14,18-19H,4-5,10H2/t13-,14-,18-,19+/m0/s1. The first-order valence-corrected chi connectivity index (χ1v) is 10.3. The topological polar surface area (TPSA) is 63.7 Å². The van der Waals surface area contributed by atoms with E-state index in [-0.39, 0.29) is 23.7 Å². The molecule has 2 bridgehead atoms. The van der Waals surface area contributed by atoms with Crippen molar-refractivity contribution >= 4 is 39.4 Å². The van der Waals surface area contributed by atoms with Gasteiger partial charge >= 0.3 is 5.97 Å². The van der Waals surface area contributed by atoms with Gasteiger partial charge in [-0.25, -0.2) is 9.69 Å². The lowest BCUT2D eigenvalue weighted by Gasteiger charge is -2.19. The third-order valence-corrected chi connectivity index (χ3v) is 6.82. The third kappa shape index (κ3) is 2.70. The summed E-state index contributed by atoms with van der Waals surface area (Å²) in [5.41, 5.74) is 0.901. The van der Waals surface area contributed by atoms with Gasteiger partial charge in [0.25, 0.3) is 0 Å². The molecule has 0 radical (unpaired) electrons. The Morgan fingerprint density at radius 1 is 0.964 bits per heavy atom. The van der Waals surface area contributed by atoms with E-state index in [0.717, 1.165) is 23.7 Å². The molecule has 3 aliphatic rings. The second-order valence-electron chi connectivity index (χ2n) is 7.79. The number of fused-ring (bicyclic) bond motifs is 5. The predicted octanol–water partition coefficient (Wildman–Crippen LogP) is 4.20. The molecule has 4 atom stereocenters. The molecule has 2 aromatic rings. The molecule has 0 N–H and O–H groups in total. The van der Waals surface area contributed by atoms with Gasteiger partial charge < -0.3 is 4.74 Å². The van der Waals surface area contributed by atoms with Gasteiger partial charge in [0.15, 0.2) is 0 Å². The largest absolute Gasteiger partial charge is 0.423 e. The van der Waals surface area contributed by atoms with E-state index in [4.69, 9.17) is 4.74 Å². The summed E-state index contributed by atoms with van der Waals surface area (Å²) >= 11 is 3.33. The number of carbonyl (C=O) groups excluding carboxylic acids is 3. The van der Waals surface area contributed by atoms with E-state index < -0.39 is 5.97 Å². The number of hydrogen-bond acceptors (Lipinski definition) is 4. The van der Waals surface area contributed by atoms with Crippen molar-refractivity contribution in [1.82, 2.24) is 0 Å². The van der Waals surface area contributed by atoms with Crippen LogP contribution < -0.4 is 9.64 Å². The predicted molar refractivity (Wildman–Crippen MR) is 106 cm³/mol. The van der Waals surface area contributed by atoms with Crippen molar-refractivity contribution in [2.45, 2.75) is 19.3 Å². The molecule has 0 unspecified atom stereocenters. The molecule has 6 heteroatoms. The smallest absolute Gasteiger partial charge is 0.343 e. The van der Waals surface area contributed by atoms with Crippen molar-refractivity contribution in [1.29, 1.82) is 0 Å². The Morgan fingerprint density at radius 2 is 1.61 bits per heavy atom. The summed E-state index contributed by atoms with van der Waals surface area (Å²) < 4.78 is 6.33. The highest BCUT2D eigenvalue weighted by atomic mass is 79.9. The van der Waals surface area contributed by atoms with Crippen LogP contribution >= 0.6 is 15.9 Å². The average molecular weight is 440 g/mol. The van der Waals surface area contributed by atoms with Crippen molar-refractivity contribution < 1.29 is 19.1 Å². The lowest BCUT2D eigenvalue weighted by atomic mass is 9.81. The van der Waals surface area contributed by atoms with E-state index in [1.165, 1.54) is 4.90 Å². The molecule has 3 fully saturated rings. The molecule has 1 aliphatic heterocycles. The number of rotatable bonds is 3. The maximum absolute atomic E-state index is 13.0. The Labute approximate surface area is 170 Å². The Balaban J connectivity index is 1.39. The first kappa shape index (κ1) is 17.6. The van der Waals surface area contributed by atoms with Crippen molar-refractivity contribution in [2.75, 3.05) is 4.90 Å². The normalized spacial score (nSPS) is 28.0. The molecular weight excluding hydrogens is 422 g/mol. The molecule has 2 amide bonds. The summed E-state index contributed by atoms with van der Waals surface area (Å²) in [5, 5.41) is 0. The van der Waals surface area contributed by atoms with Gasteiger partial charge in [0.1, 0.15) is 5.75 Å². The van der Waals surface area contributed by atoms with Crippen molar-refractivity contribution in [3.8, 4) is 5.75 Å². The Hall–Kier alpha value is -2.47.